The number of rotatable bonds is 12. The van der Waals surface area contributed by atoms with Gasteiger partial charge in [-0.3, -0.25) is 10.3 Å². The zero-order valence-corrected chi connectivity index (χ0v) is 19.4. The van der Waals surface area contributed by atoms with Crippen LogP contribution in [0.3, 0.4) is 0 Å². The lowest BCUT2D eigenvalue weighted by Crippen LogP contribution is -2.24. The number of ether oxygens (including phenoxy) is 2. The van der Waals surface area contributed by atoms with Gasteiger partial charge in [0.2, 0.25) is 0 Å². The van der Waals surface area contributed by atoms with E-state index in [0.29, 0.717) is 34.8 Å². The van der Waals surface area contributed by atoms with Crippen LogP contribution in [0.2, 0.25) is 10.0 Å². The van der Waals surface area contributed by atoms with E-state index >= 15 is 0 Å². The van der Waals surface area contributed by atoms with E-state index < -0.39 is 0 Å². The molecule has 0 aliphatic carbocycles. The molecule has 4 nitrogen and oxygen atoms in total. The minimum absolute atomic E-state index is 0.0270. The van der Waals surface area contributed by atoms with Crippen LogP contribution >= 0.6 is 46.4 Å². The highest BCUT2D eigenvalue weighted by atomic mass is 35.5. The van der Waals surface area contributed by atoms with Crippen molar-refractivity contribution >= 4 is 46.4 Å². The molecule has 28 heavy (non-hydrogen) atoms. The number of hydrogen-bond acceptors (Lipinski definition) is 4. The molecule has 1 N–H and O–H groups in total. The van der Waals surface area contributed by atoms with Crippen LogP contribution in [0.1, 0.15) is 40.0 Å². The Morgan fingerprint density at radius 3 is 2.21 bits per heavy atom. The molecule has 8 heteroatoms. The van der Waals surface area contributed by atoms with Gasteiger partial charge in [-0.2, -0.15) is 0 Å². The first kappa shape index (κ1) is 25.3. The highest BCUT2D eigenvalue weighted by molar-refractivity contribution is 6.55. The number of benzene rings is 1. The van der Waals surface area contributed by atoms with Gasteiger partial charge in [-0.15, -0.1) is 0 Å². The molecular weight excluding hydrogens is 444 g/mol. The summed E-state index contributed by atoms with van der Waals surface area (Å²) in [6.45, 7) is 11.5. The van der Waals surface area contributed by atoms with Crippen LogP contribution in [0, 0.1) is 5.41 Å². The highest BCUT2D eigenvalue weighted by Gasteiger charge is 2.14. The Bertz CT molecular complexity index is 645. The van der Waals surface area contributed by atoms with Crippen molar-refractivity contribution in [3.63, 3.8) is 0 Å². The molecule has 1 aromatic carbocycles. The quantitative estimate of drug-likeness (QED) is 0.256. The Hall–Kier alpha value is -0.780. The monoisotopic (exact) mass is 469 g/mol. The fourth-order valence-corrected chi connectivity index (χ4v) is 2.58. The van der Waals surface area contributed by atoms with E-state index in [2.05, 4.69) is 32.8 Å². The van der Waals surface area contributed by atoms with Gasteiger partial charge in [-0.05, 0) is 25.3 Å². The smallest absolute Gasteiger partial charge is 0.156 e. The molecule has 1 aromatic rings. The van der Waals surface area contributed by atoms with Crippen molar-refractivity contribution in [3.05, 3.63) is 45.0 Å². The summed E-state index contributed by atoms with van der Waals surface area (Å²) in [5, 5.41) is 0.772. The standard InChI is InChI=1S/C20H27Cl4NO3/c1-14(20(2,3)4)25-28-10-7-5-6-9-27-19-16(21)12-15(13-17(19)22)26-11-8-18(23)24/h8,12-13,25H,1,5-7,9-11H2,2-4H3. The van der Waals surface area contributed by atoms with Gasteiger partial charge in [-0.25, -0.2) is 0 Å². The molecule has 0 fully saturated rings. The van der Waals surface area contributed by atoms with Gasteiger partial charge in [0.25, 0.3) is 0 Å². The van der Waals surface area contributed by atoms with E-state index in [0.717, 1.165) is 25.0 Å². The number of hydrogen-bond donors (Lipinski definition) is 1. The van der Waals surface area contributed by atoms with Gasteiger partial charge in [0, 0.05) is 23.2 Å². The normalized spacial score (nSPS) is 11.1. The number of nitrogens with one attached hydrogen (secondary N) is 1. The van der Waals surface area contributed by atoms with Crippen LogP contribution in [0.15, 0.2) is 35.0 Å². The molecule has 0 saturated carbocycles. The van der Waals surface area contributed by atoms with Gasteiger partial charge in [0.05, 0.1) is 23.3 Å². The summed E-state index contributed by atoms with van der Waals surface area (Å²) < 4.78 is 11.3. The average molecular weight is 471 g/mol. The number of halogens is 4. The molecule has 0 radical (unpaired) electrons. The Morgan fingerprint density at radius 2 is 1.64 bits per heavy atom. The molecule has 0 unspecified atom stereocenters. The van der Waals surface area contributed by atoms with Crippen molar-refractivity contribution in [1.82, 2.24) is 5.48 Å². The lowest BCUT2D eigenvalue weighted by atomic mass is 9.94. The van der Waals surface area contributed by atoms with Gasteiger partial charge in [-0.1, -0.05) is 73.8 Å². The first-order valence-corrected chi connectivity index (χ1v) is 10.5. The zero-order valence-electron chi connectivity index (χ0n) is 16.4. The van der Waals surface area contributed by atoms with Crippen LogP contribution in [0.25, 0.3) is 0 Å². The van der Waals surface area contributed by atoms with Crippen molar-refractivity contribution in [1.29, 1.82) is 0 Å². The minimum atomic E-state index is -0.0270. The van der Waals surface area contributed by atoms with Gasteiger partial charge < -0.3 is 9.47 Å². The van der Waals surface area contributed by atoms with Crippen LogP contribution in [-0.2, 0) is 4.84 Å². The predicted octanol–water partition coefficient (Wildman–Crippen LogP) is 7.32. The Labute approximate surface area is 187 Å². The molecule has 158 valence electrons. The van der Waals surface area contributed by atoms with Crippen LogP contribution in [-0.4, -0.2) is 19.8 Å². The molecule has 0 bridgehead atoms. The first-order chi connectivity index (χ1) is 13.1. The maximum Gasteiger partial charge on any atom is 0.156 e. The van der Waals surface area contributed by atoms with Crippen LogP contribution < -0.4 is 15.0 Å². The van der Waals surface area contributed by atoms with E-state index in [4.69, 9.17) is 60.7 Å². The molecule has 0 atom stereocenters. The molecule has 1 rings (SSSR count). The van der Waals surface area contributed by atoms with Crippen molar-refractivity contribution in [2.24, 2.45) is 5.41 Å². The summed E-state index contributed by atoms with van der Waals surface area (Å²) in [7, 11) is 0. The summed E-state index contributed by atoms with van der Waals surface area (Å²) in [6.07, 6.45) is 4.23. The summed E-state index contributed by atoms with van der Waals surface area (Å²) in [6, 6.07) is 3.28. The summed E-state index contributed by atoms with van der Waals surface area (Å²) in [4.78, 5) is 5.42. The van der Waals surface area contributed by atoms with Crippen molar-refractivity contribution < 1.29 is 14.3 Å². The maximum atomic E-state index is 6.23. The fourth-order valence-electron chi connectivity index (χ4n) is 1.88. The predicted molar refractivity (Wildman–Crippen MR) is 119 cm³/mol. The van der Waals surface area contributed by atoms with Crippen molar-refractivity contribution in [3.8, 4) is 11.5 Å². The van der Waals surface area contributed by atoms with Gasteiger partial charge in [0.15, 0.2) is 5.75 Å². The van der Waals surface area contributed by atoms with Gasteiger partial charge in [0.1, 0.15) is 16.8 Å². The average Bonchev–Trinajstić information content (AvgIpc) is 2.57. The van der Waals surface area contributed by atoms with Crippen molar-refractivity contribution in [2.45, 2.75) is 40.0 Å². The maximum absolute atomic E-state index is 6.23. The van der Waals surface area contributed by atoms with E-state index in [9.17, 15) is 0 Å². The molecule has 0 aromatic heterocycles. The second-order valence-electron chi connectivity index (χ2n) is 7.11. The topological polar surface area (TPSA) is 39.7 Å². The second-order valence-corrected chi connectivity index (χ2v) is 8.93. The third-order valence-corrected chi connectivity index (χ3v) is 4.57. The number of hydroxylamine groups is 1. The largest absolute Gasteiger partial charge is 0.490 e. The summed E-state index contributed by atoms with van der Waals surface area (Å²) >= 11 is 23.5. The molecule has 0 saturated heterocycles. The lowest BCUT2D eigenvalue weighted by Gasteiger charge is -2.22. The van der Waals surface area contributed by atoms with E-state index in [1.54, 1.807) is 12.1 Å². The van der Waals surface area contributed by atoms with Crippen LogP contribution in [0.4, 0.5) is 0 Å². The SMILES string of the molecule is C=C(NOCCCCCOc1c(Cl)cc(OCC=C(Cl)Cl)cc1Cl)C(C)(C)C. The first-order valence-electron chi connectivity index (χ1n) is 8.94. The highest BCUT2D eigenvalue weighted by Crippen LogP contribution is 2.37. The molecule has 0 aliphatic heterocycles. The zero-order chi connectivity index (χ0) is 21.2. The third kappa shape index (κ3) is 10.1. The molecule has 0 spiro atoms. The minimum Gasteiger partial charge on any atom is -0.490 e. The Balaban J connectivity index is 2.28. The van der Waals surface area contributed by atoms with Gasteiger partial charge >= 0.3 is 0 Å². The van der Waals surface area contributed by atoms with E-state index in [1.165, 1.54) is 6.08 Å². The summed E-state index contributed by atoms with van der Waals surface area (Å²) in [5.74, 6) is 0.954. The third-order valence-electron chi connectivity index (χ3n) is 3.70. The number of unbranched alkanes of at least 4 members (excludes halogenated alkanes) is 2. The Morgan fingerprint density at radius 1 is 1.04 bits per heavy atom. The van der Waals surface area contributed by atoms with Crippen molar-refractivity contribution in [2.75, 3.05) is 19.8 Å². The number of allylic oxidation sites excluding steroid dienone is 1. The lowest BCUT2D eigenvalue weighted by molar-refractivity contribution is 0.0474. The summed E-state index contributed by atoms with van der Waals surface area (Å²) in [5.41, 5.74) is 3.72. The molecule has 0 aliphatic rings. The fraction of sp³-hybridized carbons (Fsp3) is 0.500. The molecule has 0 heterocycles. The van der Waals surface area contributed by atoms with E-state index in [-0.39, 0.29) is 16.5 Å². The second kappa shape index (κ2) is 12.7. The molecule has 0 amide bonds. The van der Waals surface area contributed by atoms with Crippen LogP contribution in [0.5, 0.6) is 11.5 Å². The molecular formula is C20H27Cl4NO3. The van der Waals surface area contributed by atoms with E-state index in [1.807, 2.05) is 0 Å². The Kier molecular flexibility index (Phi) is 11.5.